The van der Waals surface area contributed by atoms with Crippen LogP contribution in [0.15, 0.2) is 23.7 Å². The average Bonchev–Trinajstić information content (AvgIpc) is 2.59. The Morgan fingerprint density at radius 3 is 2.38 bits per heavy atom. The molecule has 2 N–H and O–H groups in total. The maximum absolute atomic E-state index is 13.4. The van der Waals surface area contributed by atoms with Gasteiger partial charge in [0.15, 0.2) is 0 Å². The summed E-state index contributed by atoms with van der Waals surface area (Å²) in [6.07, 6.45) is 1.79. The molecule has 1 aromatic rings. The fourth-order valence-corrected chi connectivity index (χ4v) is 2.29. The van der Waals surface area contributed by atoms with E-state index < -0.39 is 18.3 Å². The minimum atomic E-state index is -0.504. The molecule has 0 atom stereocenters. The van der Waals surface area contributed by atoms with Crippen LogP contribution < -0.4 is 5.73 Å². The summed E-state index contributed by atoms with van der Waals surface area (Å²) >= 11 is 4.33. The molecule has 1 heterocycles. The van der Waals surface area contributed by atoms with Crippen molar-refractivity contribution in [3.8, 4) is 0 Å². The van der Waals surface area contributed by atoms with Crippen LogP contribution in [0.3, 0.4) is 0 Å². The van der Waals surface area contributed by atoms with Gasteiger partial charge in [-0.1, -0.05) is 6.08 Å². The number of anilines is 1. The van der Waals surface area contributed by atoms with Crippen molar-refractivity contribution in [2.75, 3.05) is 11.5 Å². The molecule has 6 heteroatoms. The minimum Gasteiger partial charge on any atom is -0.400 e. The molecule has 0 spiro atoms. The van der Waals surface area contributed by atoms with Crippen molar-refractivity contribution in [2.24, 2.45) is 0 Å². The first-order chi connectivity index (χ1) is 9.66. The van der Waals surface area contributed by atoms with Gasteiger partial charge >= 0.3 is 7.12 Å². The highest BCUT2D eigenvalue weighted by Crippen LogP contribution is 2.39. The smallest absolute Gasteiger partial charge is 0.400 e. The Balaban J connectivity index is 2.33. The van der Waals surface area contributed by atoms with Crippen LogP contribution in [-0.2, 0) is 9.31 Å². The first kappa shape index (κ1) is 16.4. The highest BCUT2D eigenvalue weighted by molar-refractivity contribution is 7.80. The van der Waals surface area contributed by atoms with Crippen LogP contribution in [0.25, 0.3) is 6.08 Å². The maximum Gasteiger partial charge on any atom is 0.491 e. The van der Waals surface area contributed by atoms with Crippen molar-refractivity contribution >= 4 is 31.5 Å². The van der Waals surface area contributed by atoms with Crippen LogP contribution in [0, 0.1) is 5.82 Å². The van der Waals surface area contributed by atoms with Crippen molar-refractivity contribution in [1.82, 2.24) is 0 Å². The monoisotopic (exact) mass is 309 g/mol. The van der Waals surface area contributed by atoms with E-state index in [0.717, 1.165) is 5.47 Å². The number of rotatable bonds is 3. The van der Waals surface area contributed by atoms with Gasteiger partial charge in [0.25, 0.3) is 0 Å². The standard InChI is InChI=1S/C15H21BFNO2S/c1-14(2)15(3,4)20-16(19-14)11(9-21)7-10-8-12(17)5-6-13(10)18/h5-8,21H,9,18H2,1-4H3. The molecule has 0 unspecified atom stereocenters. The van der Waals surface area contributed by atoms with Crippen LogP contribution in [0.1, 0.15) is 33.3 Å². The summed E-state index contributed by atoms with van der Waals surface area (Å²) in [5.41, 5.74) is 6.96. The summed E-state index contributed by atoms with van der Waals surface area (Å²) in [5.74, 6) is 0.107. The van der Waals surface area contributed by atoms with Gasteiger partial charge < -0.3 is 15.0 Å². The van der Waals surface area contributed by atoms with E-state index >= 15 is 0 Å². The lowest BCUT2D eigenvalue weighted by Crippen LogP contribution is -2.41. The summed E-state index contributed by atoms with van der Waals surface area (Å²) in [6, 6.07) is 4.27. The molecule has 1 aliphatic heterocycles. The molecule has 0 amide bonds. The zero-order valence-electron chi connectivity index (χ0n) is 12.8. The number of thiol groups is 1. The van der Waals surface area contributed by atoms with E-state index in [0.29, 0.717) is 17.0 Å². The molecular formula is C15H21BFNO2S. The Labute approximate surface area is 131 Å². The van der Waals surface area contributed by atoms with Gasteiger partial charge in [-0.15, -0.1) is 0 Å². The van der Waals surface area contributed by atoms with Crippen molar-refractivity contribution in [1.29, 1.82) is 0 Å². The van der Waals surface area contributed by atoms with Crippen LogP contribution in [0.4, 0.5) is 10.1 Å². The fourth-order valence-electron chi connectivity index (χ4n) is 2.05. The highest BCUT2D eigenvalue weighted by atomic mass is 32.1. The van der Waals surface area contributed by atoms with Gasteiger partial charge in [-0.2, -0.15) is 12.6 Å². The first-order valence-corrected chi connectivity index (χ1v) is 7.51. The number of hydrogen-bond donors (Lipinski definition) is 2. The molecule has 114 valence electrons. The zero-order chi connectivity index (χ0) is 15.8. The van der Waals surface area contributed by atoms with Crippen LogP contribution >= 0.6 is 12.6 Å². The van der Waals surface area contributed by atoms with E-state index in [1.807, 2.05) is 27.7 Å². The van der Waals surface area contributed by atoms with Gasteiger partial charge in [-0.3, -0.25) is 0 Å². The molecule has 0 saturated carbocycles. The SMILES string of the molecule is CC1(C)OB(C(=Cc2cc(F)ccc2N)CS)OC1(C)C. The molecule has 0 bridgehead atoms. The Bertz CT molecular complexity index is 559. The number of nitrogens with two attached hydrogens (primary N) is 1. The lowest BCUT2D eigenvalue weighted by molar-refractivity contribution is 0.00578. The molecule has 0 radical (unpaired) electrons. The molecule has 2 rings (SSSR count). The minimum absolute atomic E-state index is 0.331. The van der Waals surface area contributed by atoms with Crippen LogP contribution in [0.2, 0.25) is 0 Å². The van der Waals surface area contributed by atoms with Gasteiger partial charge in [0, 0.05) is 11.4 Å². The van der Waals surface area contributed by atoms with Crippen molar-refractivity contribution < 1.29 is 13.7 Å². The topological polar surface area (TPSA) is 44.5 Å². The number of nitrogen functional groups attached to an aromatic ring is 1. The molecule has 1 aliphatic rings. The third-order valence-corrected chi connectivity index (χ3v) is 4.49. The van der Waals surface area contributed by atoms with E-state index in [2.05, 4.69) is 12.6 Å². The lowest BCUT2D eigenvalue weighted by Gasteiger charge is -2.32. The molecule has 1 aromatic carbocycles. The predicted octanol–water partition coefficient (Wildman–Crippen LogP) is 3.35. The van der Waals surface area contributed by atoms with Gasteiger partial charge in [0.1, 0.15) is 5.82 Å². The first-order valence-electron chi connectivity index (χ1n) is 6.88. The lowest BCUT2D eigenvalue weighted by atomic mass is 9.78. The van der Waals surface area contributed by atoms with Gasteiger partial charge in [0.05, 0.1) is 11.2 Å². The van der Waals surface area contributed by atoms with Gasteiger partial charge in [0.2, 0.25) is 0 Å². The Morgan fingerprint density at radius 1 is 1.29 bits per heavy atom. The van der Waals surface area contributed by atoms with Crippen LogP contribution in [0.5, 0.6) is 0 Å². The largest absolute Gasteiger partial charge is 0.491 e. The second-order valence-electron chi connectivity index (χ2n) is 6.24. The molecule has 1 fully saturated rings. The van der Waals surface area contributed by atoms with E-state index in [9.17, 15) is 4.39 Å². The molecule has 0 aromatic heterocycles. The summed E-state index contributed by atoms with van der Waals surface area (Å²) in [6.45, 7) is 7.94. The van der Waals surface area contributed by atoms with Crippen molar-refractivity contribution in [3.05, 3.63) is 35.1 Å². The molecule has 3 nitrogen and oxygen atoms in total. The van der Waals surface area contributed by atoms with Gasteiger partial charge in [-0.05, 0) is 56.9 Å². The second-order valence-corrected chi connectivity index (χ2v) is 6.56. The maximum atomic E-state index is 13.4. The Morgan fingerprint density at radius 2 is 1.86 bits per heavy atom. The summed E-state index contributed by atoms with van der Waals surface area (Å²) in [7, 11) is -0.504. The van der Waals surface area contributed by atoms with Crippen molar-refractivity contribution in [2.45, 2.75) is 38.9 Å². The molecule has 0 aliphatic carbocycles. The van der Waals surface area contributed by atoms with E-state index in [1.54, 1.807) is 12.1 Å². The van der Waals surface area contributed by atoms with Gasteiger partial charge in [-0.25, -0.2) is 4.39 Å². The molecular weight excluding hydrogens is 288 g/mol. The van der Waals surface area contributed by atoms with Crippen LogP contribution in [-0.4, -0.2) is 24.1 Å². The summed E-state index contributed by atoms with van der Waals surface area (Å²) < 4.78 is 25.3. The quantitative estimate of drug-likeness (QED) is 0.511. The summed E-state index contributed by atoms with van der Waals surface area (Å²) in [4.78, 5) is 0. The number of benzene rings is 1. The third kappa shape index (κ3) is 3.28. The highest BCUT2D eigenvalue weighted by Gasteiger charge is 2.52. The van der Waals surface area contributed by atoms with E-state index in [4.69, 9.17) is 15.0 Å². The molecule has 1 saturated heterocycles. The Hall–Kier alpha value is -0.975. The normalized spacial score (nSPS) is 20.9. The average molecular weight is 309 g/mol. The summed E-state index contributed by atoms with van der Waals surface area (Å²) in [5, 5.41) is 0. The van der Waals surface area contributed by atoms with E-state index in [-0.39, 0.29) is 5.82 Å². The number of hydrogen-bond acceptors (Lipinski definition) is 4. The zero-order valence-corrected chi connectivity index (χ0v) is 13.7. The number of halogens is 1. The Kier molecular flexibility index (Phi) is 4.43. The third-order valence-electron chi connectivity index (χ3n) is 4.13. The second kappa shape index (κ2) is 5.67. The molecule has 21 heavy (non-hydrogen) atoms. The van der Waals surface area contributed by atoms with Crippen molar-refractivity contribution in [3.63, 3.8) is 0 Å². The fraction of sp³-hybridized carbons (Fsp3) is 0.467. The van der Waals surface area contributed by atoms with E-state index in [1.165, 1.54) is 12.1 Å². The predicted molar refractivity (Wildman–Crippen MR) is 88.7 cm³/mol.